The van der Waals surface area contributed by atoms with E-state index in [0.29, 0.717) is 24.3 Å². The molecule has 1 saturated carbocycles. The van der Waals surface area contributed by atoms with E-state index in [1.807, 2.05) is 4.90 Å². The van der Waals surface area contributed by atoms with Gasteiger partial charge in [0.2, 0.25) is 11.8 Å². The van der Waals surface area contributed by atoms with Crippen LogP contribution >= 0.6 is 0 Å². The van der Waals surface area contributed by atoms with Crippen molar-refractivity contribution in [3.05, 3.63) is 41.7 Å². The molecule has 0 spiro atoms. The highest BCUT2D eigenvalue weighted by atomic mass is 19.4. The molecule has 1 aliphatic carbocycles. The molecule has 38 heavy (non-hydrogen) atoms. The van der Waals surface area contributed by atoms with Crippen LogP contribution < -0.4 is 15.0 Å². The molecule has 206 valence electrons. The summed E-state index contributed by atoms with van der Waals surface area (Å²) in [4.78, 5) is 9.82. The van der Waals surface area contributed by atoms with E-state index >= 15 is 0 Å². The van der Waals surface area contributed by atoms with Gasteiger partial charge >= 0.3 is 12.4 Å². The van der Waals surface area contributed by atoms with Crippen LogP contribution in [0.3, 0.4) is 0 Å². The molecule has 0 amide bonds. The van der Waals surface area contributed by atoms with Gasteiger partial charge in [-0.15, -0.1) is 5.10 Å². The lowest BCUT2D eigenvalue weighted by Crippen LogP contribution is -2.48. The summed E-state index contributed by atoms with van der Waals surface area (Å²) in [6.45, 7) is 2.56. The van der Waals surface area contributed by atoms with E-state index < -0.39 is 30.3 Å². The van der Waals surface area contributed by atoms with E-state index in [1.54, 1.807) is 6.07 Å². The molecule has 2 bridgehead atoms. The first-order chi connectivity index (χ1) is 17.7. The van der Waals surface area contributed by atoms with Crippen LogP contribution in [0.25, 0.3) is 5.65 Å². The molecule has 2 N–H and O–H groups in total. The van der Waals surface area contributed by atoms with E-state index in [9.17, 15) is 31.4 Å². The third kappa shape index (κ3) is 5.31. The Kier molecular flexibility index (Phi) is 6.35. The van der Waals surface area contributed by atoms with Crippen molar-refractivity contribution in [2.75, 3.05) is 29.9 Å². The number of nitrogens with zero attached hydrogens (tertiary/aromatic N) is 5. The van der Waals surface area contributed by atoms with E-state index in [2.05, 4.69) is 20.4 Å². The number of piperidine rings is 1. The third-order valence-electron chi connectivity index (χ3n) is 7.02. The van der Waals surface area contributed by atoms with Crippen molar-refractivity contribution in [2.24, 2.45) is 11.8 Å². The number of hydrogen-bond donors (Lipinski definition) is 2. The fourth-order valence-corrected chi connectivity index (χ4v) is 5.33. The van der Waals surface area contributed by atoms with Gasteiger partial charge in [0, 0.05) is 42.6 Å². The van der Waals surface area contributed by atoms with Gasteiger partial charge < -0.3 is 20.1 Å². The SMILES string of the molecule is CC(C)(O)c1ccc(OCC(F)(F)F)n2nc(NC3C4CCC3CN(c3ccnc(C(F)(F)F)c3)C4)nc12. The van der Waals surface area contributed by atoms with Gasteiger partial charge in [0.05, 0.1) is 5.60 Å². The minimum Gasteiger partial charge on any atom is -0.468 e. The largest absolute Gasteiger partial charge is 0.468 e. The smallest absolute Gasteiger partial charge is 0.433 e. The Morgan fingerprint density at radius 2 is 1.74 bits per heavy atom. The molecule has 2 aliphatic rings. The van der Waals surface area contributed by atoms with Gasteiger partial charge in [-0.2, -0.15) is 35.8 Å². The molecule has 4 heterocycles. The lowest BCUT2D eigenvalue weighted by atomic mass is 9.92. The Morgan fingerprint density at radius 3 is 2.34 bits per heavy atom. The molecule has 8 nitrogen and oxygen atoms in total. The highest BCUT2D eigenvalue weighted by molar-refractivity contribution is 5.56. The van der Waals surface area contributed by atoms with E-state index in [-0.39, 0.29) is 35.4 Å². The van der Waals surface area contributed by atoms with Gasteiger partial charge in [0.1, 0.15) is 5.69 Å². The Morgan fingerprint density at radius 1 is 1.05 bits per heavy atom. The molecular weight excluding hydrogens is 518 g/mol. The van der Waals surface area contributed by atoms with Gasteiger partial charge in [-0.05, 0) is 56.7 Å². The zero-order chi connectivity index (χ0) is 27.5. The molecule has 5 rings (SSSR count). The van der Waals surface area contributed by atoms with Crippen molar-refractivity contribution in [3.8, 4) is 5.88 Å². The molecule has 2 fully saturated rings. The van der Waals surface area contributed by atoms with Crippen LogP contribution in [0.1, 0.15) is 37.9 Å². The number of halogens is 6. The molecular formula is C24H26F6N6O2. The van der Waals surface area contributed by atoms with Crippen LogP contribution in [0.4, 0.5) is 38.0 Å². The molecule has 0 aromatic carbocycles. The normalized spacial score (nSPS) is 22.2. The number of aromatic nitrogens is 4. The highest BCUT2D eigenvalue weighted by Gasteiger charge is 2.43. The summed E-state index contributed by atoms with van der Waals surface area (Å²) in [5, 5.41) is 18.2. The second kappa shape index (κ2) is 9.17. The number of anilines is 2. The maximum Gasteiger partial charge on any atom is 0.433 e. The molecule has 2 unspecified atom stereocenters. The first-order valence-corrected chi connectivity index (χ1v) is 12.1. The summed E-state index contributed by atoms with van der Waals surface area (Å²) in [5.41, 5.74) is -1.33. The Hall–Kier alpha value is -3.29. The van der Waals surface area contributed by atoms with Crippen molar-refractivity contribution in [3.63, 3.8) is 0 Å². The summed E-state index contributed by atoms with van der Waals surface area (Å²) in [5.74, 6) is 0.147. The van der Waals surface area contributed by atoms with Crippen LogP contribution in [0.15, 0.2) is 30.5 Å². The molecule has 14 heteroatoms. The summed E-state index contributed by atoms with van der Waals surface area (Å²) in [6.07, 6.45) is -6.24. The van der Waals surface area contributed by atoms with Crippen LogP contribution in [0.5, 0.6) is 5.88 Å². The topological polar surface area (TPSA) is 87.8 Å². The number of nitrogens with one attached hydrogen (secondary N) is 1. The maximum atomic E-state index is 13.1. The Labute approximate surface area is 213 Å². The minimum atomic E-state index is -4.55. The van der Waals surface area contributed by atoms with Crippen molar-refractivity contribution < 1.29 is 36.2 Å². The average molecular weight is 544 g/mol. The minimum absolute atomic E-state index is 0.0811. The Bertz CT molecular complexity index is 1300. The van der Waals surface area contributed by atoms with Crippen molar-refractivity contribution in [1.82, 2.24) is 19.6 Å². The summed E-state index contributed by atoms with van der Waals surface area (Å²) in [6, 6.07) is 5.28. The Balaban J connectivity index is 1.38. The second-order valence-corrected chi connectivity index (χ2v) is 10.3. The van der Waals surface area contributed by atoms with E-state index in [1.165, 1.54) is 26.0 Å². The van der Waals surface area contributed by atoms with Gasteiger partial charge in [-0.3, -0.25) is 4.98 Å². The summed E-state index contributed by atoms with van der Waals surface area (Å²) < 4.78 is 83.8. The van der Waals surface area contributed by atoms with Crippen LogP contribution in [-0.2, 0) is 11.8 Å². The number of aliphatic hydroxyl groups is 1. The number of alkyl halides is 6. The zero-order valence-corrected chi connectivity index (χ0v) is 20.5. The predicted molar refractivity (Wildman–Crippen MR) is 125 cm³/mol. The third-order valence-corrected chi connectivity index (χ3v) is 7.02. The number of pyridine rings is 2. The molecule has 0 radical (unpaired) electrons. The number of fused-ring (bicyclic) bond motifs is 3. The molecule has 1 saturated heterocycles. The van der Waals surface area contributed by atoms with E-state index in [4.69, 9.17) is 4.74 Å². The second-order valence-electron chi connectivity index (χ2n) is 10.3. The summed E-state index contributed by atoms with van der Waals surface area (Å²) >= 11 is 0. The van der Waals surface area contributed by atoms with Gasteiger partial charge in [0.15, 0.2) is 12.3 Å². The number of rotatable bonds is 6. The van der Waals surface area contributed by atoms with Gasteiger partial charge in [0.25, 0.3) is 0 Å². The van der Waals surface area contributed by atoms with Crippen molar-refractivity contribution in [2.45, 2.75) is 50.7 Å². The van der Waals surface area contributed by atoms with Crippen molar-refractivity contribution >= 4 is 17.3 Å². The summed E-state index contributed by atoms with van der Waals surface area (Å²) in [7, 11) is 0. The first-order valence-electron chi connectivity index (χ1n) is 12.1. The lowest BCUT2D eigenvalue weighted by molar-refractivity contribution is -0.154. The number of hydrogen-bond acceptors (Lipinski definition) is 7. The fraction of sp³-hybridized carbons (Fsp3) is 0.542. The van der Waals surface area contributed by atoms with Gasteiger partial charge in [-0.1, -0.05) is 0 Å². The van der Waals surface area contributed by atoms with Crippen LogP contribution in [-0.4, -0.2) is 56.6 Å². The molecule has 1 aliphatic heterocycles. The van der Waals surface area contributed by atoms with Crippen molar-refractivity contribution in [1.29, 1.82) is 0 Å². The fourth-order valence-electron chi connectivity index (χ4n) is 5.33. The highest BCUT2D eigenvalue weighted by Crippen LogP contribution is 2.41. The average Bonchev–Trinajstić information content (AvgIpc) is 3.32. The quantitative estimate of drug-likeness (QED) is 0.438. The molecule has 3 aromatic heterocycles. The monoisotopic (exact) mass is 544 g/mol. The maximum absolute atomic E-state index is 13.1. The molecule has 3 aromatic rings. The van der Waals surface area contributed by atoms with Gasteiger partial charge in [-0.25, -0.2) is 0 Å². The molecule has 2 atom stereocenters. The standard InChI is InChI=1S/C24H26F6N6O2/c1-22(2,37)16-5-6-18(38-12-23(25,26)27)36-20(16)33-21(34-36)32-19-13-3-4-14(19)11-35(10-13)15-7-8-31-17(9-15)24(28,29)30/h5-9,13-14,19,37H,3-4,10-12H2,1-2H3,(H,32,34). The van der Waals surface area contributed by atoms with Crippen LogP contribution in [0, 0.1) is 11.8 Å². The number of ether oxygens (including phenoxy) is 1. The lowest BCUT2D eigenvalue weighted by Gasteiger charge is -2.39. The first kappa shape index (κ1) is 26.3. The predicted octanol–water partition coefficient (Wildman–Crippen LogP) is 4.64. The zero-order valence-electron chi connectivity index (χ0n) is 20.5. The van der Waals surface area contributed by atoms with E-state index in [0.717, 1.165) is 29.6 Å². The van der Waals surface area contributed by atoms with Crippen LogP contribution in [0.2, 0.25) is 0 Å².